The monoisotopic (exact) mass is 530 g/mol. The molecule has 0 fully saturated rings. The molecule has 0 radical (unpaired) electrons. The Morgan fingerprint density at radius 2 is 0.750 bits per heavy atom. The molecular weight excluding hydrogens is 500 g/mol. The summed E-state index contributed by atoms with van der Waals surface area (Å²) in [6.07, 6.45) is 12.3. The van der Waals surface area contributed by atoms with Crippen molar-refractivity contribution in [3.05, 3.63) is 145 Å². The highest BCUT2D eigenvalue weighted by Gasteiger charge is 2.37. The summed E-state index contributed by atoms with van der Waals surface area (Å²) in [5, 5.41) is 26.1. The maximum absolute atomic E-state index is 4.51. The van der Waals surface area contributed by atoms with Crippen molar-refractivity contribution in [2.24, 2.45) is 0 Å². The Bertz CT molecular complexity index is 1330. The van der Waals surface area contributed by atoms with E-state index in [1.807, 2.05) is 50.8 Å². The third-order valence-corrected chi connectivity index (χ3v) is 7.05. The maximum atomic E-state index is 4.51. The summed E-state index contributed by atoms with van der Waals surface area (Å²) in [6, 6.07) is 31.4. The molecule has 3 atom stereocenters. The second kappa shape index (κ2) is 12.3. The molecule has 0 aliphatic carbocycles. The van der Waals surface area contributed by atoms with Gasteiger partial charge in [-0.2, -0.15) is 0 Å². The van der Waals surface area contributed by atoms with Crippen LogP contribution in [0.5, 0.6) is 0 Å². The molecule has 0 aliphatic rings. The molecule has 0 amide bonds. The first-order valence-corrected chi connectivity index (χ1v) is 13.3. The zero-order valence-electron chi connectivity index (χ0n) is 21.9. The van der Waals surface area contributed by atoms with E-state index in [-0.39, 0.29) is 18.5 Å². The van der Waals surface area contributed by atoms with Crippen molar-refractivity contribution in [3.8, 4) is 0 Å². The van der Waals surface area contributed by atoms with E-state index >= 15 is 0 Å². The smallest absolute Gasteiger partial charge is 0.113 e. The third kappa shape index (κ3) is 5.87. The van der Waals surface area contributed by atoms with Crippen LogP contribution in [-0.2, 0) is 19.3 Å². The van der Waals surface area contributed by atoms with Crippen LogP contribution in [0.3, 0.4) is 0 Å². The highest BCUT2D eigenvalue weighted by atomic mass is 15.6. The summed E-state index contributed by atoms with van der Waals surface area (Å²) in [6.45, 7) is 0. The van der Waals surface area contributed by atoms with Crippen LogP contribution in [-0.4, -0.2) is 49.9 Å². The first-order valence-electron chi connectivity index (χ1n) is 13.3. The van der Waals surface area contributed by atoms with Gasteiger partial charge in [0.25, 0.3) is 0 Å². The fourth-order valence-electron chi connectivity index (χ4n) is 5.21. The SMILES string of the molecule is c1ccc(CC(N(C(Cc2ccccc2)n2ccnn2)C(Cc2ccccc2)n2ccnn2)n2ccnn2)cc1. The van der Waals surface area contributed by atoms with Gasteiger partial charge < -0.3 is 0 Å². The van der Waals surface area contributed by atoms with Crippen molar-refractivity contribution in [2.75, 3.05) is 0 Å². The second-order valence-electron chi connectivity index (χ2n) is 9.61. The lowest BCUT2D eigenvalue weighted by Crippen LogP contribution is -2.46. The molecule has 10 nitrogen and oxygen atoms in total. The molecule has 3 heterocycles. The van der Waals surface area contributed by atoms with E-state index in [9.17, 15) is 0 Å². The van der Waals surface area contributed by atoms with Crippen LogP contribution in [0.15, 0.2) is 128 Å². The molecule has 3 aromatic heterocycles. The van der Waals surface area contributed by atoms with Crippen LogP contribution in [0.1, 0.15) is 35.2 Å². The Kier molecular flexibility index (Phi) is 7.77. The first kappa shape index (κ1) is 25.3. The van der Waals surface area contributed by atoms with Crippen LogP contribution in [0, 0.1) is 0 Å². The molecule has 0 aliphatic heterocycles. The summed E-state index contributed by atoms with van der Waals surface area (Å²) < 4.78 is 5.78. The standard InChI is InChI=1S/C30H30N10/c1-4-10-25(11-5-1)22-28(37-19-16-31-34-37)40(29(38-20-17-32-35-38)23-26-12-6-2-7-13-26)30(39-21-18-33-36-39)24-27-14-8-3-9-15-27/h1-21,28-30H,22-24H2. The average molecular weight is 531 g/mol. The van der Waals surface area contributed by atoms with Crippen molar-refractivity contribution in [1.29, 1.82) is 0 Å². The number of hydrogen-bond donors (Lipinski definition) is 0. The Morgan fingerprint density at radius 3 is 1.00 bits per heavy atom. The Morgan fingerprint density at radius 1 is 0.450 bits per heavy atom. The molecule has 0 saturated carbocycles. The van der Waals surface area contributed by atoms with E-state index in [0.29, 0.717) is 19.3 Å². The predicted molar refractivity (Wildman–Crippen MR) is 149 cm³/mol. The predicted octanol–water partition coefficient (Wildman–Crippen LogP) is 4.39. The van der Waals surface area contributed by atoms with Crippen LogP contribution < -0.4 is 0 Å². The van der Waals surface area contributed by atoms with Gasteiger partial charge in [-0.05, 0) is 16.7 Å². The lowest BCUT2D eigenvalue weighted by molar-refractivity contribution is -0.0447. The molecule has 3 unspecified atom stereocenters. The Balaban J connectivity index is 1.53. The van der Waals surface area contributed by atoms with Crippen LogP contribution in [0.25, 0.3) is 0 Å². The second-order valence-corrected chi connectivity index (χ2v) is 9.61. The van der Waals surface area contributed by atoms with Crippen molar-refractivity contribution in [3.63, 3.8) is 0 Å². The number of hydrogen-bond acceptors (Lipinski definition) is 7. The number of aromatic nitrogens is 9. The van der Waals surface area contributed by atoms with Crippen LogP contribution in [0.4, 0.5) is 0 Å². The van der Waals surface area contributed by atoms with Gasteiger partial charge in [0.2, 0.25) is 0 Å². The van der Waals surface area contributed by atoms with Crippen LogP contribution >= 0.6 is 0 Å². The summed E-state index contributed by atoms with van der Waals surface area (Å²) in [5.41, 5.74) is 3.55. The molecule has 6 rings (SSSR count). The Labute approximate surface area is 232 Å². The minimum Gasteiger partial charge on any atom is -0.236 e. The summed E-state index contributed by atoms with van der Waals surface area (Å²) >= 11 is 0. The molecule has 0 spiro atoms. The van der Waals surface area contributed by atoms with Gasteiger partial charge in [0.1, 0.15) is 18.5 Å². The van der Waals surface area contributed by atoms with E-state index in [4.69, 9.17) is 0 Å². The molecule has 6 aromatic rings. The van der Waals surface area contributed by atoms with Crippen molar-refractivity contribution < 1.29 is 0 Å². The van der Waals surface area contributed by atoms with Gasteiger partial charge in [0.15, 0.2) is 0 Å². The van der Waals surface area contributed by atoms with Gasteiger partial charge in [0, 0.05) is 37.9 Å². The number of nitrogens with zero attached hydrogens (tertiary/aromatic N) is 10. The largest absolute Gasteiger partial charge is 0.236 e. The summed E-state index contributed by atoms with van der Waals surface area (Å²) in [4.78, 5) is 2.42. The van der Waals surface area contributed by atoms with Gasteiger partial charge in [-0.3, -0.25) is 0 Å². The zero-order chi connectivity index (χ0) is 27.0. The van der Waals surface area contributed by atoms with Gasteiger partial charge in [0.05, 0.1) is 18.6 Å². The molecule has 0 N–H and O–H groups in total. The molecule has 3 aromatic carbocycles. The highest BCUT2D eigenvalue weighted by Crippen LogP contribution is 2.36. The summed E-state index contributed by atoms with van der Waals surface area (Å²) in [7, 11) is 0. The van der Waals surface area contributed by atoms with Crippen LogP contribution in [0.2, 0.25) is 0 Å². The van der Waals surface area contributed by atoms with Gasteiger partial charge >= 0.3 is 0 Å². The normalized spacial score (nSPS) is 13.7. The highest BCUT2D eigenvalue weighted by molar-refractivity contribution is 5.19. The molecular formula is C30H30N10. The van der Waals surface area contributed by atoms with Gasteiger partial charge in [-0.15, -0.1) is 15.3 Å². The topological polar surface area (TPSA) is 95.4 Å². The molecule has 10 heteroatoms. The molecule has 40 heavy (non-hydrogen) atoms. The van der Waals surface area contributed by atoms with E-state index in [1.165, 1.54) is 16.7 Å². The molecule has 200 valence electrons. The molecule has 0 bridgehead atoms. The maximum Gasteiger partial charge on any atom is 0.113 e. The number of rotatable bonds is 12. The first-order chi connectivity index (χ1) is 19.8. The van der Waals surface area contributed by atoms with Crippen molar-refractivity contribution in [1.82, 2.24) is 49.9 Å². The minimum absolute atomic E-state index is 0.235. The van der Waals surface area contributed by atoms with E-state index in [1.54, 1.807) is 18.6 Å². The van der Waals surface area contributed by atoms with E-state index in [2.05, 4.69) is 109 Å². The average Bonchev–Trinajstić information content (AvgIpc) is 3.82. The molecule has 0 saturated heterocycles. The van der Waals surface area contributed by atoms with Gasteiger partial charge in [-0.25, -0.2) is 18.9 Å². The number of benzene rings is 3. The third-order valence-electron chi connectivity index (χ3n) is 7.05. The Hall–Kier alpha value is -4.96. The van der Waals surface area contributed by atoms with Crippen molar-refractivity contribution >= 4 is 0 Å². The lowest BCUT2D eigenvalue weighted by Gasteiger charge is -2.42. The van der Waals surface area contributed by atoms with Crippen molar-refractivity contribution in [2.45, 2.75) is 37.8 Å². The van der Waals surface area contributed by atoms with Gasteiger partial charge in [-0.1, -0.05) is 107 Å². The van der Waals surface area contributed by atoms with E-state index in [0.717, 1.165) is 0 Å². The van der Waals surface area contributed by atoms with E-state index < -0.39 is 0 Å². The summed E-state index contributed by atoms with van der Waals surface area (Å²) in [5.74, 6) is 0. The fraction of sp³-hybridized carbons (Fsp3) is 0.200. The quantitative estimate of drug-likeness (QED) is 0.232. The minimum atomic E-state index is -0.235. The lowest BCUT2D eigenvalue weighted by atomic mass is 10.0. The fourth-order valence-corrected chi connectivity index (χ4v) is 5.21. The zero-order valence-corrected chi connectivity index (χ0v) is 21.9.